The second-order valence-corrected chi connectivity index (χ2v) is 5.84. The van der Waals surface area contributed by atoms with Crippen molar-refractivity contribution >= 4 is 21.8 Å². The number of halogens is 1. The van der Waals surface area contributed by atoms with Gasteiger partial charge < -0.3 is 19.5 Å². The fourth-order valence-electron chi connectivity index (χ4n) is 2.14. The van der Waals surface area contributed by atoms with E-state index in [1.165, 1.54) is 0 Å². The van der Waals surface area contributed by atoms with E-state index in [-0.39, 0.29) is 12.3 Å². The molecular weight excluding hydrogens is 374 g/mol. The topological polar surface area (TPSA) is 56.8 Å². The second kappa shape index (κ2) is 9.17. The number of rotatable bonds is 8. The Morgan fingerprint density at radius 2 is 1.75 bits per heavy atom. The van der Waals surface area contributed by atoms with Crippen molar-refractivity contribution in [2.45, 2.75) is 6.42 Å². The molecule has 24 heavy (non-hydrogen) atoms. The Bertz CT molecular complexity index is 676. The molecule has 0 unspecified atom stereocenters. The molecule has 0 atom stereocenters. The number of ether oxygens (including phenoxy) is 3. The number of para-hydroxylation sites is 1. The van der Waals surface area contributed by atoms with Gasteiger partial charge in [-0.2, -0.15) is 0 Å². The van der Waals surface area contributed by atoms with Crippen LogP contribution < -0.4 is 19.5 Å². The summed E-state index contributed by atoms with van der Waals surface area (Å²) in [6, 6.07) is 13.1. The number of benzene rings is 2. The van der Waals surface area contributed by atoms with Crippen LogP contribution in [0, 0.1) is 0 Å². The summed E-state index contributed by atoms with van der Waals surface area (Å²) in [6.45, 7) is 0.863. The lowest BCUT2D eigenvalue weighted by Crippen LogP contribution is -2.29. The normalized spacial score (nSPS) is 10.1. The summed E-state index contributed by atoms with van der Waals surface area (Å²) in [4.78, 5) is 12.1. The number of carbonyl (C=O) groups is 1. The summed E-state index contributed by atoms with van der Waals surface area (Å²) in [5, 5.41) is 2.84. The molecule has 0 fully saturated rings. The van der Waals surface area contributed by atoms with Gasteiger partial charge in [0.15, 0.2) is 11.5 Å². The third kappa shape index (κ3) is 5.16. The van der Waals surface area contributed by atoms with Crippen LogP contribution in [0.3, 0.4) is 0 Å². The summed E-state index contributed by atoms with van der Waals surface area (Å²) >= 11 is 3.45. The molecule has 0 aliphatic rings. The van der Waals surface area contributed by atoms with Crippen molar-refractivity contribution in [1.29, 1.82) is 0 Å². The predicted molar refractivity (Wildman–Crippen MR) is 95.9 cm³/mol. The van der Waals surface area contributed by atoms with Crippen LogP contribution in [-0.4, -0.2) is 33.3 Å². The van der Waals surface area contributed by atoms with E-state index in [4.69, 9.17) is 14.2 Å². The maximum Gasteiger partial charge on any atom is 0.224 e. The van der Waals surface area contributed by atoms with Gasteiger partial charge in [-0.05, 0) is 29.8 Å². The van der Waals surface area contributed by atoms with Crippen LogP contribution in [-0.2, 0) is 11.2 Å². The Hall–Kier alpha value is -2.21. The molecule has 0 heterocycles. The monoisotopic (exact) mass is 393 g/mol. The van der Waals surface area contributed by atoms with Crippen LogP contribution in [0.2, 0.25) is 0 Å². The van der Waals surface area contributed by atoms with E-state index in [0.29, 0.717) is 24.7 Å². The fraction of sp³-hybridized carbons (Fsp3) is 0.278. The molecule has 1 N–H and O–H groups in total. The summed E-state index contributed by atoms with van der Waals surface area (Å²) in [5.74, 6) is 1.91. The highest BCUT2D eigenvalue weighted by Gasteiger charge is 2.12. The van der Waals surface area contributed by atoms with Gasteiger partial charge in [-0.25, -0.2) is 0 Å². The van der Waals surface area contributed by atoms with Crippen molar-refractivity contribution in [1.82, 2.24) is 5.32 Å². The van der Waals surface area contributed by atoms with E-state index in [1.54, 1.807) is 26.4 Å². The molecule has 1 amide bonds. The number of hydrogen-bond donors (Lipinski definition) is 1. The van der Waals surface area contributed by atoms with Gasteiger partial charge in [0.25, 0.3) is 0 Å². The highest BCUT2D eigenvalue weighted by Crippen LogP contribution is 2.33. The van der Waals surface area contributed by atoms with E-state index in [2.05, 4.69) is 21.2 Å². The zero-order valence-corrected chi connectivity index (χ0v) is 15.3. The molecule has 0 saturated carbocycles. The van der Waals surface area contributed by atoms with Crippen molar-refractivity contribution < 1.29 is 19.0 Å². The van der Waals surface area contributed by atoms with E-state index in [1.807, 2.05) is 30.3 Å². The molecule has 5 nitrogen and oxygen atoms in total. The van der Waals surface area contributed by atoms with Gasteiger partial charge >= 0.3 is 0 Å². The molecule has 2 aromatic carbocycles. The van der Waals surface area contributed by atoms with Crippen molar-refractivity contribution in [3.05, 3.63) is 52.5 Å². The van der Waals surface area contributed by atoms with Gasteiger partial charge in [0, 0.05) is 4.47 Å². The standard InChI is InChI=1S/C18H20BrNO4/c1-22-16-10-13(15(19)12-17(16)23-2)11-18(21)20-8-9-24-14-6-4-3-5-7-14/h3-7,10,12H,8-9,11H2,1-2H3,(H,20,21). The van der Waals surface area contributed by atoms with Crippen molar-refractivity contribution in [3.63, 3.8) is 0 Å². The number of carbonyl (C=O) groups excluding carboxylic acids is 1. The molecule has 2 rings (SSSR count). The molecule has 0 spiro atoms. The van der Waals surface area contributed by atoms with Gasteiger partial charge in [0.05, 0.1) is 27.2 Å². The van der Waals surface area contributed by atoms with Crippen LogP contribution in [0.4, 0.5) is 0 Å². The maximum absolute atomic E-state index is 12.1. The Balaban J connectivity index is 1.84. The quantitative estimate of drug-likeness (QED) is 0.699. The first kappa shape index (κ1) is 18.1. The molecule has 2 aromatic rings. The second-order valence-electron chi connectivity index (χ2n) is 4.99. The minimum atomic E-state index is -0.0837. The molecule has 128 valence electrons. The van der Waals surface area contributed by atoms with Crippen LogP contribution >= 0.6 is 15.9 Å². The van der Waals surface area contributed by atoms with Crippen LogP contribution in [0.15, 0.2) is 46.9 Å². The van der Waals surface area contributed by atoms with Crippen molar-refractivity contribution in [2.24, 2.45) is 0 Å². The molecule has 0 bridgehead atoms. The lowest BCUT2D eigenvalue weighted by molar-refractivity contribution is -0.120. The van der Waals surface area contributed by atoms with E-state index < -0.39 is 0 Å². The average Bonchev–Trinajstić information content (AvgIpc) is 2.61. The summed E-state index contributed by atoms with van der Waals surface area (Å²) in [7, 11) is 3.14. The first-order valence-corrected chi connectivity index (χ1v) is 8.28. The number of amides is 1. The molecule has 0 aromatic heterocycles. The molecule has 0 aliphatic carbocycles. The molecule has 0 aliphatic heterocycles. The van der Waals surface area contributed by atoms with E-state index in [9.17, 15) is 4.79 Å². The summed E-state index contributed by atoms with van der Waals surface area (Å²) < 4.78 is 16.8. The maximum atomic E-state index is 12.1. The largest absolute Gasteiger partial charge is 0.493 e. The smallest absolute Gasteiger partial charge is 0.224 e. The minimum Gasteiger partial charge on any atom is -0.493 e. The lowest BCUT2D eigenvalue weighted by atomic mass is 10.1. The predicted octanol–water partition coefficient (Wildman–Crippen LogP) is 3.20. The van der Waals surface area contributed by atoms with Crippen LogP contribution in [0.25, 0.3) is 0 Å². The van der Waals surface area contributed by atoms with Crippen LogP contribution in [0.1, 0.15) is 5.56 Å². The first-order chi connectivity index (χ1) is 11.6. The Labute approximate surface area is 150 Å². The van der Waals surface area contributed by atoms with Crippen molar-refractivity contribution in [2.75, 3.05) is 27.4 Å². The lowest BCUT2D eigenvalue weighted by Gasteiger charge is -2.12. The molecular formula is C18H20BrNO4. The SMILES string of the molecule is COc1cc(Br)c(CC(=O)NCCOc2ccccc2)cc1OC. The zero-order chi connectivity index (χ0) is 17.4. The molecule has 6 heteroatoms. The Morgan fingerprint density at radius 1 is 1.08 bits per heavy atom. The zero-order valence-electron chi connectivity index (χ0n) is 13.7. The first-order valence-electron chi connectivity index (χ1n) is 7.49. The molecule has 0 radical (unpaired) electrons. The van der Waals surface area contributed by atoms with Gasteiger partial charge in [-0.15, -0.1) is 0 Å². The summed E-state index contributed by atoms with van der Waals surface area (Å²) in [6.07, 6.45) is 0.242. The number of methoxy groups -OCH3 is 2. The van der Waals surface area contributed by atoms with Crippen molar-refractivity contribution in [3.8, 4) is 17.2 Å². The third-order valence-electron chi connectivity index (χ3n) is 3.34. The Kier molecular flexibility index (Phi) is 6.93. The highest BCUT2D eigenvalue weighted by molar-refractivity contribution is 9.10. The minimum absolute atomic E-state index is 0.0837. The van der Waals surface area contributed by atoms with Crippen LogP contribution in [0.5, 0.6) is 17.2 Å². The number of hydrogen-bond acceptors (Lipinski definition) is 4. The van der Waals surface area contributed by atoms with Gasteiger partial charge in [0.1, 0.15) is 12.4 Å². The average molecular weight is 394 g/mol. The number of nitrogens with one attached hydrogen (secondary N) is 1. The van der Waals surface area contributed by atoms with Gasteiger partial charge in [-0.3, -0.25) is 4.79 Å². The summed E-state index contributed by atoms with van der Waals surface area (Å²) in [5.41, 5.74) is 0.828. The third-order valence-corrected chi connectivity index (χ3v) is 4.08. The fourth-order valence-corrected chi connectivity index (χ4v) is 2.61. The van der Waals surface area contributed by atoms with E-state index >= 15 is 0 Å². The van der Waals surface area contributed by atoms with Gasteiger partial charge in [0.2, 0.25) is 5.91 Å². The van der Waals surface area contributed by atoms with Gasteiger partial charge in [-0.1, -0.05) is 34.1 Å². The molecule has 0 saturated heterocycles. The Morgan fingerprint density at radius 3 is 2.42 bits per heavy atom. The highest BCUT2D eigenvalue weighted by atomic mass is 79.9. The van der Waals surface area contributed by atoms with E-state index in [0.717, 1.165) is 15.8 Å².